The van der Waals surface area contributed by atoms with Crippen LogP contribution in [0.25, 0.3) is 0 Å². The zero-order chi connectivity index (χ0) is 18.6. The molecule has 25 heavy (non-hydrogen) atoms. The summed E-state index contributed by atoms with van der Waals surface area (Å²) in [5.74, 6) is 0.183. The van der Waals surface area contributed by atoms with Crippen LogP contribution in [0.1, 0.15) is 26.3 Å². The molecule has 1 unspecified atom stereocenters. The minimum absolute atomic E-state index is 0.183. The highest BCUT2D eigenvalue weighted by molar-refractivity contribution is 7.93. The van der Waals surface area contributed by atoms with Gasteiger partial charge in [-0.2, -0.15) is 0 Å². The second-order valence-corrected chi connectivity index (χ2v) is 9.62. The van der Waals surface area contributed by atoms with Crippen LogP contribution in [0.4, 0.5) is 5.69 Å². The first kappa shape index (κ1) is 19.8. The molecule has 0 saturated heterocycles. The maximum Gasteiger partial charge on any atom is 0.264 e. The first-order chi connectivity index (χ1) is 11.8. The topological polar surface area (TPSA) is 60.4 Å². The third-order valence-electron chi connectivity index (χ3n) is 3.91. The van der Waals surface area contributed by atoms with E-state index in [-0.39, 0.29) is 10.8 Å². The number of aryl methyl sites for hydroxylation is 1. The Morgan fingerprint density at radius 1 is 1.04 bits per heavy atom. The van der Waals surface area contributed by atoms with E-state index < -0.39 is 21.2 Å². The summed E-state index contributed by atoms with van der Waals surface area (Å²) in [5, 5.41) is 0. The molecule has 0 saturated carbocycles. The van der Waals surface area contributed by atoms with Gasteiger partial charge in [-0.05, 0) is 65.5 Å². The summed E-state index contributed by atoms with van der Waals surface area (Å²) in [4.78, 5) is 0.823. The summed E-state index contributed by atoms with van der Waals surface area (Å²) in [6.45, 7) is 6.45. The van der Waals surface area contributed by atoms with Crippen molar-refractivity contribution in [3.05, 3.63) is 54.1 Å². The molecule has 136 valence electrons. The lowest BCUT2D eigenvalue weighted by Crippen LogP contribution is -2.34. The Morgan fingerprint density at radius 2 is 1.60 bits per heavy atom. The Bertz CT molecular complexity index is 782. The number of nitrogens with zero attached hydrogens (tertiary/aromatic N) is 1. The van der Waals surface area contributed by atoms with Crippen LogP contribution >= 0.6 is 0 Å². The van der Waals surface area contributed by atoms with Crippen LogP contribution < -0.4 is 4.31 Å². The lowest BCUT2D eigenvalue weighted by Gasteiger charge is -2.26. The highest BCUT2D eigenvalue weighted by Gasteiger charge is 2.26. The molecule has 1 atom stereocenters. The van der Waals surface area contributed by atoms with Crippen molar-refractivity contribution in [3.63, 3.8) is 0 Å². The van der Waals surface area contributed by atoms with E-state index in [1.807, 2.05) is 38.1 Å². The molecule has 2 aromatic rings. The van der Waals surface area contributed by atoms with Gasteiger partial charge in [-0.3, -0.25) is 4.31 Å². The number of anilines is 1. The van der Waals surface area contributed by atoms with Crippen molar-refractivity contribution in [1.29, 1.82) is 0 Å². The Balaban J connectivity index is 2.43. The molecule has 4 nitrogen and oxygen atoms in total. The van der Waals surface area contributed by atoms with Gasteiger partial charge in [0.05, 0.1) is 10.6 Å². The molecular weight excluding hydrogens is 354 g/mol. The molecule has 0 aromatic heterocycles. The second-order valence-electron chi connectivity index (χ2n) is 6.38. The lowest BCUT2D eigenvalue weighted by molar-refractivity contribution is 0.577. The van der Waals surface area contributed by atoms with Crippen LogP contribution in [-0.2, 0) is 27.6 Å². The van der Waals surface area contributed by atoms with Gasteiger partial charge in [0.15, 0.2) is 4.90 Å². The van der Waals surface area contributed by atoms with E-state index in [0.717, 1.165) is 6.42 Å². The predicted octanol–water partition coefficient (Wildman–Crippen LogP) is 3.84. The summed E-state index contributed by atoms with van der Waals surface area (Å²) < 4.78 is 39.3. The summed E-state index contributed by atoms with van der Waals surface area (Å²) in [7, 11) is -3.68. The van der Waals surface area contributed by atoms with Crippen molar-refractivity contribution < 1.29 is 13.0 Å². The maximum atomic E-state index is 13.2. The fourth-order valence-electron chi connectivity index (χ4n) is 2.50. The Labute approximate surface area is 154 Å². The SMILES string of the molecule is CCc1ccc(N(CC(C)C)S(=O)(=O)c2ccc([S+](C)[O-])cc2)cc1. The molecule has 0 heterocycles. The fraction of sp³-hybridized carbons (Fsp3) is 0.368. The van der Waals surface area contributed by atoms with Gasteiger partial charge in [0.2, 0.25) is 0 Å². The van der Waals surface area contributed by atoms with Crippen molar-refractivity contribution in [2.75, 3.05) is 17.1 Å². The largest absolute Gasteiger partial charge is 0.612 e. The van der Waals surface area contributed by atoms with Crippen LogP contribution in [0.2, 0.25) is 0 Å². The first-order valence-electron chi connectivity index (χ1n) is 8.31. The van der Waals surface area contributed by atoms with Crippen LogP contribution in [-0.4, -0.2) is 25.8 Å². The van der Waals surface area contributed by atoms with Crippen molar-refractivity contribution in [3.8, 4) is 0 Å². The molecule has 0 radical (unpaired) electrons. The van der Waals surface area contributed by atoms with E-state index >= 15 is 0 Å². The van der Waals surface area contributed by atoms with E-state index in [1.165, 1.54) is 22.0 Å². The lowest BCUT2D eigenvalue weighted by atomic mass is 10.1. The normalized spacial score (nSPS) is 13.0. The molecule has 0 amide bonds. The third kappa shape index (κ3) is 4.77. The fourth-order valence-corrected chi connectivity index (χ4v) is 4.65. The zero-order valence-corrected chi connectivity index (χ0v) is 16.7. The van der Waals surface area contributed by atoms with Crippen LogP contribution in [0.15, 0.2) is 58.3 Å². The summed E-state index contributed by atoms with van der Waals surface area (Å²) in [6.07, 6.45) is 2.48. The zero-order valence-electron chi connectivity index (χ0n) is 15.1. The van der Waals surface area contributed by atoms with Crippen molar-refractivity contribution in [1.82, 2.24) is 0 Å². The first-order valence-corrected chi connectivity index (χ1v) is 11.3. The van der Waals surface area contributed by atoms with Crippen LogP contribution in [0.5, 0.6) is 0 Å². The Kier molecular flexibility index (Phi) is 6.54. The number of rotatable bonds is 7. The van der Waals surface area contributed by atoms with Gasteiger partial charge in [0.25, 0.3) is 10.0 Å². The molecule has 2 aromatic carbocycles. The van der Waals surface area contributed by atoms with Gasteiger partial charge in [0.1, 0.15) is 6.26 Å². The quantitative estimate of drug-likeness (QED) is 0.687. The van der Waals surface area contributed by atoms with Crippen molar-refractivity contribution in [2.24, 2.45) is 5.92 Å². The molecule has 0 fully saturated rings. The number of benzene rings is 2. The minimum Gasteiger partial charge on any atom is -0.612 e. The molecule has 2 rings (SSSR count). The maximum absolute atomic E-state index is 13.2. The summed E-state index contributed by atoms with van der Waals surface area (Å²) in [6, 6.07) is 13.9. The molecule has 0 spiro atoms. The monoisotopic (exact) mass is 379 g/mol. The van der Waals surface area contributed by atoms with E-state index in [0.29, 0.717) is 17.1 Å². The molecule has 0 aliphatic carbocycles. The third-order valence-corrected chi connectivity index (χ3v) is 6.65. The molecular formula is C19H25NO3S2. The smallest absolute Gasteiger partial charge is 0.264 e. The Hall–Kier alpha value is -1.50. The van der Waals surface area contributed by atoms with Crippen LogP contribution in [0.3, 0.4) is 0 Å². The van der Waals surface area contributed by atoms with Gasteiger partial charge in [0, 0.05) is 6.54 Å². The number of sulfonamides is 1. The van der Waals surface area contributed by atoms with Gasteiger partial charge in [-0.25, -0.2) is 8.42 Å². The predicted molar refractivity (Wildman–Crippen MR) is 104 cm³/mol. The molecule has 6 heteroatoms. The van der Waals surface area contributed by atoms with Gasteiger partial charge in [-0.15, -0.1) is 0 Å². The van der Waals surface area contributed by atoms with E-state index in [4.69, 9.17) is 0 Å². The second kappa shape index (κ2) is 8.25. The van der Waals surface area contributed by atoms with E-state index in [9.17, 15) is 13.0 Å². The van der Waals surface area contributed by atoms with Crippen molar-refractivity contribution >= 4 is 26.9 Å². The molecule has 0 aliphatic heterocycles. The highest BCUT2D eigenvalue weighted by atomic mass is 32.2. The van der Waals surface area contributed by atoms with Gasteiger partial charge in [-0.1, -0.05) is 32.9 Å². The number of hydrogen-bond acceptors (Lipinski definition) is 3. The molecule has 0 N–H and O–H groups in total. The average Bonchev–Trinajstić information content (AvgIpc) is 2.59. The highest BCUT2D eigenvalue weighted by Crippen LogP contribution is 2.26. The Morgan fingerprint density at radius 3 is 2.04 bits per heavy atom. The minimum atomic E-state index is -3.68. The molecule has 0 aliphatic rings. The van der Waals surface area contributed by atoms with E-state index in [2.05, 4.69) is 6.92 Å². The number of hydrogen-bond donors (Lipinski definition) is 0. The average molecular weight is 380 g/mol. The summed E-state index contributed by atoms with van der Waals surface area (Å²) in [5.41, 5.74) is 1.83. The van der Waals surface area contributed by atoms with Gasteiger partial charge >= 0.3 is 0 Å². The van der Waals surface area contributed by atoms with Crippen LogP contribution in [0, 0.1) is 5.92 Å². The van der Waals surface area contributed by atoms with Crippen molar-refractivity contribution in [2.45, 2.75) is 37.0 Å². The van der Waals surface area contributed by atoms with E-state index in [1.54, 1.807) is 18.4 Å². The molecule has 0 bridgehead atoms. The summed E-state index contributed by atoms with van der Waals surface area (Å²) >= 11 is -1.13. The standard InChI is InChI=1S/C19H25NO3S2/c1-5-16-6-8-17(9-7-16)20(14-15(2)3)25(22,23)19-12-10-18(11-13-19)24(4)21/h6-13,15H,5,14H2,1-4H3. The van der Waals surface area contributed by atoms with Gasteiger partial charge < -0.3 is 4.55 Å².